The molecule has 0 rings (SSSR count). The molecule has 2 atom stereocenters. The Morgan fingerprint density at radius 3 is 1.45 bits per heavy atom. The summed E-state index contributed by atoms with van der Waals surface area (Å²) in [4.78, 5) is 0. The van der Waals surface area contributed by atoms with Crippen LogP contribution >= 0.6 is 0 Å². The highest BCUT2D eigenvalue weighted by molar-refractivity contribution is 6.71. The zero-order chi connectivity index (χ0) is 23.0. The van der Waals surface area contributed by atoms with Crippen molar-refractivity contribution in [1.29, 1.82) is 0 Å². The zero-order valence-electron chi connectivity index (χ0n) is 22.0. The van der Waals surface area contributed by atoms with Crippen LogP contribution < -0.4 is 0 Å². The molecule has 0 aromatic carbocycles. The quantitative estimate of drug-likeness (QED) is 0.101. The van der Waals surface area contributed by atoms with Gasteiger partial charge in [-0.05, 0) is 31.5 Å². The summed E-state index contributed by atoms with van der Waals surface area (Å²) in [6, 6.07) is 0. The first kappa shape index (κ1) is 30.9. The monoisotopic (exact) mass is 454 g/mol. The molecular weight excluding hydrogens is 396 g/mol. The molecule has 31 heavy (non-hydrogen) atoms. The smallest absolute Gasteiger partial charge is 0.361 e. The molecule has 0 fully saturated rings. The van der Waals surface area contributed by atoms with Crippen molar-refractivity contribution in [1.82, 2.24) is 0 Å². The summed E-state index contributed by atoms with van der Waals surface area (Å²) in [5, 5.41) is 0. The van der Waals surface area contributed by atoms with Gasteiger partial charge < -0.3 is 8.85 Å². The van der Waals surface area contributed by atoms with Crippen LogP contribution in [0.3, 0.4) is 0 Å². The van der Waals surface area contributed by atoms with E-state index in [4.69, 9.17) is 8.85 Å². The van der Waals surface area contributed by atoms with Crippen LogP contribution in [0.4, 0.5) is 0 Å². The summed E-state index contributed by atoms with van der Waals surface area (Å²) in [6.07, 6.45) is 27.4. The van der Waals surface area contributed by atoms with Crippen LogP contribution in [0.15, 0.2) is 12.3 Å². The summed E-state index contributed by atoms with van der Waals surface area (Å²) < 4.78 is 12.6. The Kier molecular flexibility index (Phi) is 23.0. The highest BCUT2D eigenvalue weighted by atomic mass is 28.4. The van der Waals surface area contributed by atoms with E-state index in [1.54, 1.807) is 0 Å². The summed E-state index contributed by atoms with van der Waals surface area (Å²) >= 11 is 0. The molecule has 0 N–H and O–H groups in total. The van der Waals surface area contributed by atoms with Crippen molar-refractivity contribution in [3.05, 3.63) is 12.3 Å². The van der Waals surface area contributed by atoms with Gasteiger partial charge in [-0.15, -0.1) is 6.58 Å². The van der Waals surface area contributed by atoms with Crippen molar-refractivity contribution in [2.75, 3.05) is 6.61 Å². The third kappa shape index (κ3) is 20.2. The van der Waals surface area contributed by atoms with Crippen molar-refractivity contribution in [2.24, 2.45) is 0 Å². The fourth-order valence-electron chi connectivity index (χ4n) is 4.18. The zero-order valence-corrected chi connectivity index (χ0v) is 23.0. The molecule has 0 saturated carbocycles. The van der Waals surface area contributed by atoms with E-state index in [0.717, 1.165) is 25.9 Å². The molecule has 2 unspecified atom stereocenters. The fourth-order valence-corrected chi connectivity index (χ4v) is 5.95. The van der Waals surface area contributed by atoms with Gasteiger partial charge >= 0.3 is 8.56 Å². The Morgan fingerprint density at radius 2 is 1.06 bits per heavy atom. The first-order valence-electron chi connectivity index (χ1n) is 14.1. The van der Waals surface area contributed by atoms with Gasteiger partial charge in [0, 0.05) is 12.7 Å². The van der Waals surface area contributed by atoms with Gasteiger partial charge in [-0.1, -0.05) is 130 Å². The Hall–Kier alpha value is -0.123. The third-order valence-corrected chi connectivity index (χ3v) is 8.81. The number of unbranched alkanes of at least 4 members (excludes halogenated alkanes) is 16. The Morgan fingerprint density at radius 1 is 0.645 bits per heavy atom. The SMILES string of the molecule is C=C[Si](C)(OCCCCCCCCCCCCCCCCCC)OC(CC)CCCC. The Labute approximate surface area is 198 Å². The van der Waals surface area contributed by atoms with Crippen molar-refractivity contribution in [3.63, 3.8) is 0 Å². The molecule has 0 amide bonds. The molecule has 3 heteroatoms. The lowest BCUT2D eigenvalue weighted by atomic mass is 10.0. The van der Waals surface area contributed by atoms with Gasteiger partial charge in [0.15, 0.2) is 0 Å². The highest BCUT2D eigenvalue weighted by Gasteiger charge is 2.30. The lowest BCUT2D eigenvalue weighted by molar-refractivity contribution is 0.112. The van der Waals surface area contributed by atoms with E-state index < -0.39 is 8.56 Å². The second-order valence-electron chi connectivity index (χ2n) is 9.66. The predicted molar refractivity (Wildman–Crippen MR) is 142 cm³/mol. The summed E-state index contributed by atoms with van der Waals surface area (Å²) in [5.41, 5.74) is 1.97. The van der Waals surface area contributed by atoms with Crippen LogP contribution in [0.1, 0.15) is 149 Å². The molecule has 0 bridgehead atoms. The minimum absolute atomic E-state index is 0.334. The van der Waals surface area contributed by atoms with E-state index in [0.29, 0.717) is 6.10 Å². The van der Waals surface area contributed by atoms with E-state index in [1.165, 1.54) is 109 Å². The maximum Gasteiger partial charge on any atom is 0.361 e. The predicted octanol–water partition coefficient (Wildman–Crippen LogP) is 10.0. The maximum atomic E-state index is 6.37. The van der Waals surface area contributed by atoms with Crippen molar-refractivity contribution >= 4 is 8.56 Å². The van der Waals surface area contributed by atoms with Gasteiger partial charge in [0.05, 0.1) is 0 Å². The number of rotatable bonds is 25. The van der Waals surface area contributed by atoms with Gasteiger partial charge in [0.2, 0.25) is 0 Å². The molecule has 0 spiro atoms. The van der Waals surface area contributed by atoms with Crippen LogP contribution in [0.5, 0.6) is 0 Å². The van der Waals surface area contributed by atoms with Gasteiger partial charge in [0.1, 0.15) is 0 Å². The van der Waals surface area contributed by atoms with Crippen molar-refractivity contribution < 1.29 is 8.85 Å². The lowest BCUT2D eigenvalue weighted by Gasteiger charge is -2.29. The van der Waals surface area contributed by atoms with Crippen molar-refractivity contribution in [3.8, 4) is 0 Å². The molecule has 0 aliphatic rings. The molecule has 0 heterocycles. The Bertz CT molecular complexity index is 374. The summed E-state index contributed by atoms with van der Waals surface area (Å²) in [6.45, 7) is 13.7. The van der Waals surface area contributed by atoms with Gasteiger partial charge in [-0.3, -0.25) is 0 Å². The van der Waals surface area contributed by atoms with Crippen LogP contribution in [0, 0.1) is 0 Å². The van der Waals surface area contributed by atoms with Gasteiger partial charge in [-0.2, -0.15) is 0 Å². The second-order valence-corrected chi connectivity index (χ2v) is 12.6. The van der Waals surface area contributed by atoms with Gasteiger partial charge in [0.25, 0.3) is 0 Å². The van der Waals surface area contributed by atoms with E-state index in [9.17, 15) is 0 Å². The second kappa shape index (κ2) is 23.0. The van der Waals surface area contributed by atoms with Crippen LogP contribution in [0.25, 0.3) is 0 Å². The standard InChI is InChI=1S/C28H58O2Si/c1-6-10-12-13-14-15-16-17-18-19-20-21-22-23-24-25-27-29-31(5,9-4)30-28(8-3)26-11-7-2/h9,28H,4,6-8,10-27H2,1-3,5H3. The lowest BCUT2D eigenvalue weighted by Crippen LogP contribution is -2.40. The van der Waals surface area contributed by atoms with Crippen molar-refractivity contribution in [2.45, 2.75) is 162 Å². The topological polar surface area (TPSA) is 18.5 Å². The molecule has 0 aromatic heterocycles. The molecule has 0 aliphatic carbocycles. The number of hydrogen-bond donors (Lipinski definition) is 0. The average Bonchev–Trinajstić information content (AvgIpc) is 2.78. The minimum atomic E-state index is -2.20. The highest BCUT2D eigenvalue weighted by Crippen LogP contribution is 2.19. The first-order chi connectivity index (χ1) is 15.1. The largest absolute Gasteiger partial charge is 0.391 e. The molecular formula is C28H58O2Si. The minimum Gasteiger partial charge on any atom is -0.391 e. The van der Waals surface area contributed by atoms with Gasteiger partial charge in [-0.25, -0.2) is 0 Å². The summed E-state index contributed by atoms with van der Waals surface area (Å²) in [5.74, 6) is 0. The normalized spacial score (nSPS) is 14.5. The average molecular weight is 455 g/mol. The molecule has 0 saturated heterocycles. The first-order valence-corrected chi connectivity index (χ1v) is 16.5. The number of hydrogen-bond acceptors (Lipinski definition) is 2. The third-order valence-electron chi connectivity index (χ3n) is 6.49. The molecule has 0 aliphatic heterocycles. The van der Waals surface area contributed by atoms with Crippen LogP contribution in [-0.2, 0) is 8.85 Å². The summed E-state index contributed by atoms with van der Waals surface area (Å²) in [7, 11) is -2.20. The Balaban J connectivity index is 3.50. The maximum absolute atomic E-state index is 6.37. The van der Waals surface area contributed by atoms with Crippen LogP contribution in [0.2, 0.25) is 6.55 Å². The van der Waals surface area contributed by atoms with Crippen LogP contribution in [-0.4, -0.2) is 21.3 Å². The van der Waals surface area contributed by atoms with E-state index in [-0.39, 0.29) is 0 Å². The van der Waals surface area contributed by atoms with E-state index >= 15 is 0 Å². The molecule has 2 nitrogen and oxygen atoms in total. The molecule has 186 valence electrons. The fraction of sp³-hybridized carbons (Fsp3) is 0.929. The van der Waals surface area contributed by atoms with E-state index in [2.05, 4.69) is 33.9 Å². The van der Waals surface area contributed by atoms with E-state index in [1.807, 2.05) is 5.70 Å². The molecule has 0 radical (unpaired) electrons. The molecule has 0 aromatic rings.